The van der Waals surface area contributed by atoms with Crippen molar-refractivity contribution >= 4 is 21.6 Å². The summed E-state index contributed by atoms with van der Waals surface area (Å²) in [5.74, 6) is 0.389. The molecule has 7 heteroatoms. The molecular weight excluding hydrogens is 394 g/mol. The van der Waals surface area contributed by atoms with Gasteiger partial charge in [0.1, 0.15) is 0 Å². The van der Waals surface area contributed by atoms with Crippen LogP contribution in [-0.4, -0.2) is 48.4 Å². The SMILES string of the molecule is O=S(=O)(c1ccc(Cl)cc1)N1C2CCCC1C1CNN(C3CCCCC3)C1C2. The molecule has 3 aliphatic heterocycles. The van der Waals surface area contributed by atoms with Gasteiger partial charge in [-0.25, -0.2) is 13.4 Å². The highest BCUT2D eigenvalue weighted by atomic mass is 35.5. The van der Waals surface area contributed by atoms with Gasteiger partial charge in [0.2, 0.25) is 10.0 Å². The van der Waals surface area contributed by atoms with Crippen molar-refractivity contribution in [3.63, 3.8) is 0 Å². The maximum absolute atomic E-state index is 13.5. The van der Waals surface area contributed by atoms with Gasteiger partial charge in [-0.2, -0.15) is 4.31 Å². The van der Waals surface area contributed by atoms with E-state index in [0.29, 0.717) is 27.9 Å². The van der Waals surface area contributed by atoms with Crippen LogP contribution in [0.3, 0.4) is 0 Å². The molecule has 1 aromatic rings. The van der Waals surface area contributed by atoms with Gasteiger partial charge in [0.05, 0.1) is 4.90 Å². The highest BCUT2D eigenvalue weighted by Crippen LogP contribution is 2.45. The van der Waals surface area contributed by atoms with E-state index >= 15 is 0 Å². The molecule has 3 saturated heterocycles. The molecule has 0 amide bonds. The molecule has 4 unspecified atom stereocenters. The van der Waals surface area contributed by atoms with Crippen LogP contribution in [-0.2, 0) is 10.0 Å². The lowest BCUT2D eigenvalue weighted by Crippen LogP contribution is -2.62. The third-order valence-corrected chi connectivity index (χ3v) is 9.69. The highest BCUT2D eigenvalue weighted by molar-refractivity contribution is 7.89. The number of sulfonamides is 1. The number of hydrogen-bond donors (Lipinski definition) is 1. The van der Waals surface area contributed by atoms with Crippen molar-refractivity contribution in [2.45, 2.75) is 86.9 Å². The van der Waals surface area contributed by atoms with E-state index in [1.165, 1.54) is 32.1 Å². The summed E-state index contributed by atoms with van der Waals surface area (Å²) < 4.78 is 28.9. The molecule has 28 heavy (non-hydrogen) atoms. The van der Waals surface area contributed by atoms with E-state index in [1.54, 1.807) is 24.3 Å². The smallest absolute Gasteiger partial charge is 0.243 e. The summed E-state index contributed by atoms with van der Waals surface area (Å²) >= 11 is 5.98. The molecular formula is C21H30ClN3O2S. The Hall–Kier alpha value is -0.660. The summed E-state index contributed by atoms with van der Waals surface area (Å²) in [6.45, 7) is 0.908. The standard InChI is InChI=1S/C21H30ClN3O2S/c22-15-9-11-18(12-10-15)28(26,27)25-17-7-4-8-20(25)19-14-23-24(21(19)13-17)16-5-2-1-3-6-16/h9-12,16-17,19-21,23H,1-8,13-14H2. The zero-order valence-electron chi connectivity index (χ0n) is 16.3. The quantitative estimate of drug-likeness (QED) is 0.803. The molecule has 1 N–H and O–H groups in total. The Morgan fingerprint density at radius 2 is 1.61 bits per heavy atom. The van der Waals surface area contributed by atoms with E-state index in [0.717, 1.165) is 32.2 Å². The first-order chi connectivity index (χ1) is 13.6. The summed E-state index contributed by atoms with van der Waals surface area (Å²) in [7, 11) is -3.49. The minimum atomic E-state index is -3.49. The molecule has 5 nitrogen and oxygen atoms in total. The Bertz CT molecular complexity index is 809. The van der Waals surface area contributed by atoms with Gasteiger partial charge in [-0.1, -0.05) is 37.3 Å². The van der Waals surface area contributed by atoms with Crippen LogP contribution in [0.2, 0.25) is 5.02 Å². The number of hydrazine groups is 1. The minimum Gasteiger partial charge on any atom is -0.254 e. The topological polar surface area (TPSA) is 52.7 Å². The Kier molecular flexibility index (Phi) is 5.21. The van der Waals surface area contributed by atoms with Crippen LogP contribution < -0.4 is 5.43 Å². The molecule has 0 aromatic heterocycles. The van der Waals surface area contributed by atoms with Crippen molar-refractivity contribution in [1.82, 2.24) is 14.7 Å². The first-order valence-electron chi connectivity index (χ1n) is 10.9. The Labute approximate surface area is 173 Å². The normalized spacial score (nSPS) is 35.0. The third kappa shape index (κ3) is 3.21. The lowest BCUT2D eigenvalue weighted by molar-refractivity contribution is 0.00418. The lowest BCUT2D eigenvalue weighted by atomic mass is 9.76. The molecule has 2 bridgehead atoms. The maximum Gasteiger partial charge on any atom is 0.243 e. The van der Waals surface area contributed by atoms with Gasteiger partial charge in [-0.3, -0.25) is 5.43 Å². The van der Waals surface area contributed by atoms with Gasteiger partial charge in [0.25, 0.3) is 0 Å². The average molecular weight is 424 g/mol. The maximum atomic E-state index is 13.5. The molecule has 4 atom stereocenters. The van der Waals surface area contributed by atoms with Crippen LogP contribution in [0.4, 0.5) is 0 Å². The lowest BCUT2D eigenvalue weighted by Gasteiger charge is -2.51. The number of fused-ring (bicyclic) bond motifs is 4. The summed E-state index contributed by atoms with van der Waals surface area (Å²) in [6, 6.07) is 8.00. The van der Waals surface area contributed by atoms with Gasteiger partial charge in [0, 0.05) is 41.7 Å². The van der Waals surface area contributed by atoms with Crippen LogP contribution in [0.25, 0.3) is 0 Å². The molecule has 4 aliphatic rings. The molecule has 0 radical (unpaired) electrons. The molecule has 1 aromatic carbocycles. The molecule has 0 spiro atoms. The molecule has 5 rings (SSSR count). The van der Waals surface area contributed by atoms with Crippen molar-refractivity contribution in [3.8, 4) is 0 Å². The van der Waals surface area contributed by atoms with E-state index in [4.69, 9.17) is 11.6 Å². The third-order valence-electron chi connectivity index (χ3n) is 7.45. The summed E-state index contributed by atoms with van der Waals surface area (Å²) in [5.41, 5.74) is 3.69. The van der Waals surface area contributed by atoms with E-state index in [1.807, 2.05) is 4.31 Å². The minimum absolute atomic E-state index is 0.110. The fraction of sp³-hybridized carbons (Fsp3) is 0.714. The fourth-order valence-electron chi connectivity index (χ4n) is 6.20. The number of halogens is 1. The predicted molar refractivity (Wildman–Crippen MR) is 111 cm³/mol. The first-order valence-corrected chi connectivity index (χ1v) is 12.7. The Morgan fingerprint density at radius 1 is 0.893 bits per heavy atom. The number of nitrogens with zero attached hydrogens (tertiary/aromatic N) is 2. The van der Waals surface area contributed by atoms with E-state index in [2.05, 4.69) is 10.4 Å². The fourth-order valence-corrected chi connectivity index (χ4v) is 8.26. The Morgan fingerprint density at radius 3 is 2.36 bits per heavy atom. The van der Waals surface area contributed by atoms with Gasteiger partial charge in [-0.15, -0.1) is 0 Å². The highest BCUT2D eigenvalue weighted by Gasteiger charge is 2.54. The van der Waals surface area contributed by atoms with Crippen LogP contribution in [0, 0.1) is 5.92 Å². The summed E-state index contributed by atoms with van der Waals surface area (Å²) in [5, 5.41) is 3.11. The van der Waals surface area contributed by atoms with Crippen molar-refractivity contribution in [3.05, 3.63) is 29.3 Å². The summed E-state index contributed by atoms with van der Waals surface area (Å²) in [6.07, 6.45) is 10.6. The number of piperidine rings is 2. The van der Waals surface area contributed by atoms with Gasteiger partial charge in [-0.05, 0) is 56.4 Å². The monoisotopic (exact) mass is 423 g/mol. The van der Waals surface area contributed by atoms with E-state index < -0.39 is 10.0 Å². The van der Waals surface area contributed by atoms with Crippen molar-refractivity contribution in [1.29, 1.82) is 0 Å². The second-order valence-corrected chi connectivity index (χ2v) is 11.2. The largest absolute Gasteiger partial charge is 0.254 e. The number of rotatable bonds is 3. The van der Waals surface area contributed by atoms with Gasteiger partial charge in [0.15, 0.2) is 0 Å². The van der Waals surface area contributed by atoms with E-state index in [9.17, 15) is 8.42 Å². The molecule has 1 aliphatic carbocycles. The first kappa shape index (κ1) is 19.3. The average Bonchev–Trinajstić information content (AvgIpc) is 3.12. The van der Waals surface area contributed by atoms with Crippen LogP contribution in [0.1, 0.15) is 57.8 Å². The predicted octanol–water partition coefficient (Wildman–Crippen LogP) is 3.79. The van der Waals surface area contributed by atoms with Crippen molar-refractivity contribution in [2.24, 2.45) is 5.92 Å². The van der Waals surface area contributed by atoms with Gasteiger partial charge < -0.3 is 0 Å². The van der Waals surface area contributed by atoms with Crippen molar-refractivity contribution < 1.29 is 8.42 Å². The molecule has 4 fully saturated rings. The Balaban J connectivity index is 1.43. The molecule has 154 valence electrons. The van der Waals surface area contributed by atoms with Crippen LogP contribution >= 0.6 is 11.6 Å². The van der Waals surface area contributed by atoms with Crippen LogP contribution in [0.15, 0.2) is 29.2 Å². The molecule has 1 saturated carbocycles. The van der Waals surface area contributed by atoms with Gasteiger partial charge >= 0.3 is 0 Å². The zero-order valence-corrected chi connectivity index (χ0v) is 17.8. The van der Waals surface area contributed by atoms with Crippen LogP contribution in [0.5, 0.6) is 0 Å². The second kappa shape index (κ2) is 7.55. The molecule has 3 heterocycles. The van der Waals surface area contributed by atoms with Crippen molar-refractivity contribution in [2.75, 3.05) is 6.54 Å². The number of hydrogen-bond acceptors (Lipinski definition) is 4. The number of benzene rings is 1. The van der Waals surface area contributed by atoms with E-state index in [-0.39, 0.29) is 12.1 Å². The summed E-state index contributed by atoms with van der Waals surface area (Å²) in [4.78, 5) is 0.377. The zero-order chi connectivity index (χ0) is 19.3. The second-order valence-electron chi connectivity index (χ2n) is 8.97. The number of nitrogens with one attached hydrogen (secondary N) is 1.